The summed E-state index contributed by atoms with van der Waals surface area (Å²) in [6.45, 7) is 0.799. The normalized spacial score (nSPS) is 18.3. The molecule has 9 heteroatoms. The molecule has 0 amide bonds. The average Bonchev–Trinajstić information content (AvgIpc) is 3.19. The molecule has 0 bridgehead atoms. The number of aromatic nitrogens is 2. The monoisotopic (exact) mass is 481 g/mol. The second-order valence-electron chi connectivity index (χ2n) is 6.62. The van der Waals surface area contributed by atoms with E-state index in [1.165, 1.54) is 4.31 Å². The lowest BCUT2D eigenvalue weighted by Crippen LogP contribution is -2.39. The van der Waals surface area contributed by atoms with Crippen LogP contribution in [0, 0.1) is 0 Å². The Morgan fingerprint density at radius 3 is 2.54 bits per heavy atom. The highest BCUT2D eigenvalue weighted by atomic mass is 79.9. The molecule has 6 nitrogen and oxygen atoms in total. The first kappa shape index (κ1) is 19.6. The van der Waals surface area contributed by atoms with Crippen molar-refractivity contribution < 1.29 is 12.9 Å². The Bertz CT molecular complexity index is 1070. The summed E-state index contributed by atoms with van der Waals surface area (Å²) in [4.78, 5) is 4.77. The number of hydrogen-bond acceptors (Lipinski definition) is 5. The zero-order valence-electron chi connectivity index (χ0n) is 14.8. The molecule has 4 rings (SSSR count). The lowest BCUT2D eigenvalue weighted by Gasteiger charge is -2.30. The van der Waals surface area contributed by atoms with E-state index in [2.05, 4.69) is 26.1 Å². The van der Waals surface area contributed by atoms with E-state index >= 15 is 0 Å². The molecule has 0 spiro atoms. The van der Waals surface area contributed by atoms with Crippen molar-refractivity contribution in [2.45, 2.75) is 23.7 Å². The van der Waals surface area contributed by atoms with Crippen LogP contribution in [0.3, 0.4) is 0 Å². The third-order valence-electron chi connectivity index (χ3n) is 4.73. The fourth-order valence-corrected chi connectivity index (χ4v) is 5.15. The molecular weight excluding hydrogens is 466 g/mol. The minimum atomic E-state index is -3.56. The number of rotatable bonds is 4. The molecule has 1 saturated heterocycles. The number of halogens is 2. The largest absolute Gasteiger partial charge is 0.339 e. The summed E-state index contributed by atoms with van der Waals surface area (Å²) in [5, 5.41) is 4.68. The Kier molecular flexibility index (Phi) is 5.55. The Balaban J connectivity index is 1.54. The molecule has 1 aromatic heterocycles. The van der Waals surface area contributed by atoms with Gasteiger partial charge in [0.2, 0.25) is 21.7 Å². The van der Waals surface area contributed by atoms with Crippen molar-refractivity contribution in [3.63, 3.8) is 0 Å². The highest BCUT2D eigenvalue weighted by molar-refractivity contribution is 9.10. The van der Waals surface area contributed by atoms with E-state index in [0.29, 0.717) is 29.8 Å². The van der Waals surface area contributed by atoms with Crippen molar-refractivity contribution in [2.75, 3.05) is 13.1 Å². The van der Waals surface area contributed by atoms with E-state index < -0.39 is 10.0 Å². The minimum Gasteiger partial charge on any atom is -0.339 e. The van der Waals surface area contributed by atoms with Gasteiger partial charge in [0.1, 0.15) is 0 Å². The Morgan fingerprint density at radius 1 is 1.11 bits per heavy atom. The van der Waals surface area contributed by atoms with Gasteiger partial charge in [-0.25, -0.2) is 8.42 Å². The van der Waals surface area contributed by atoms with Gasteiger partial charge in [-0.1, -0.05) is 32.7 Å². The molecule has 1 aliphatic heterocycles. The molecule has 0 N–H and O–H groups in total. The maximum atomic E-state index is 13.0. The molecule has 2 aromatic carbocycles. The summed E-state index contributed by atoms with van der Waals surface area (Å²) in [5.41, 5.74) is 0.801. The molecule has 28 heavy (non-hydrogen) atoms. The molecule has 1 unspecified atom stereocenters. The summed E-state index contributed by atoms with van der Waals surface area (Å²) < 4.78 is 33.7. The molecular formula is C19H17BrClN3O3S. The Hall–Kier alpha value is -1.74. The predicted molar refractivity (Wildman–Crippen MR) is 110 cm³/mol. The number of piperidine rings is 1. The van der Waals surface area contributed by atoms with Crippen LogP contribution in [0.15, 0.2) is 62.4 Å². The highest BCUT2D eigenvalue weighted by Crippen LogP contribution is 2.31. The van der Waals surface area contributed by atoms with Gasteiger partial charge < -0.3 is 4.52 Å². The third-order valence-corrected chi connectivity index (χ3v) is 7.39. The summed E-state index contributed by atoms with van der Waals surface area (Å²) in [6, 6.07) is 13.8. The Labute approximate surface area is 176 Å². The van der Waals surface area contributed by atoms with Crippen LogP contribution < -0.4 is 0 Å². The molecule has 1 aliphatic rings. The van der Waals surface area contributed by atoms with Crippen LogP contribution >= 0.6 is 27.5 Å². The lowest BCUT2D eigenvalue weighted by atomic mass is 10.00. The van der Waals surface area contributed by atoms with Gasteiger partial charge in [-0.05, 0) is 61.4 Å². The van der Waals surface area contributed by atoms with Crippen LogP contribution in [-0.2, 0) is 10.0 Å². The number of hydrogen-bond donors (Lipinski definition) is 0. The number of nitrogens with zero attached hydrogens (tertiary/aromatic N) is 3. The van der Waals surface area contributed by atoms with Crippen molar-refractivity contribution in [1.82, 2.24) is 14.4 Å². The van der Waals surface area contributed by atoms with E-state index in [-0.39, 0.29) is 10.8 Å². The molecule has 0 radical (unpaired) electrons. The van der Waals surface area contributed by atoms with E-state index in [4.69, 9.17) is 16.1 Å². The van der Waals surface area contributed by atoms with Gasteiger partial charge in [0.05, 0.1) is 10.8 Å². The first-order valence-electron chi connectivity index (χ1n) is 8.79. The lowest BCUT2D eigenvalue weighted by molar-refractivity contribution is 0.265. The molecule has 3 aromatic rings. The van der Waals surface area contributed by atoms with Gasteiger partial charge >= 0.3 is 0 Å². The quantitative estimate of drug-likeness (QED) is 0.538. The molecule has 0 aliphatic carbocycles. The summed E-state index contributed by atoms with van der Waals surface area (Å²) in [6.07, 6.45) is 1.54. The first-order valence-corrected chi connectivity index (χ1v) is 11.4. The fourth-order valence-electron chi connectivity index (χ4n) is 3.24. The van der Waals surface area contributed by atoms with Gasteiger partial charge in [-0.2, -0.15) is 9.29 Å². The second kappa shape index (κ2) is 7.94. The average molecular weight is 483 g/mol. The van der Waals surface area contributed by atoms with Gasteiger partial charge in [-0.3, -0.25) is 0 Å². The second-order valence-corrected chi connectivity index (χ2v) is 9.91. The number of sulfonamides is 1. The van der Waals surface area contributed by atoms with E-state index in [0.717, 1.165) is 22.9 Å². The van der Waals surface area contributed by atoms with Crippen molar-refractivity contribution in [3.8, 4) is 11.4 Å². The maximum Gasteiger partial charge on any atom is 0.243 e. The van der Waals surface area contributed by atoms with Crippen LogP contribution in [0.25, 0.3) is 11.4 Å². The maximum absolute atomic E-state index is 13.0. The van der Waals surface area contributed by atoms with Crippen molar-refractivity contribution in [3.05, 3.63) is 63.9 Å². The summed E-state index contributed by atoms with van der Waals surface area (Å²) in [7, 11) is -3.56. The van der Waals surface area contributed by atoms with Crippen LogP contribution in [-0.4, -0.2) is 36.0 Å². The van der Waals surface area contributed by atoms with Crippen LogP contribution in [0.1, 0.15) is 24.7 Å². The van der Waals surface area contributed by atoms with Crippen LogP contribution in [0.4, 0.5) is 0 Å². The van der Waals surface area contributed by atoms with Crippen molar-refractivity contribution in [1.29, 1.82) is 0 Å². The smallest absolute Gasteiger partial charge is 0.243 e. The van der Waals surface area contributed by atoms with E-state index in [9.17, 15) is 8.42 Å². The standard InChI is InChI=1S/C19H17BrClN3O3S/c20-15-5-9-17(10-6-15)28(25,26)24-11-1-2-14(12-24)19-22-18(23-27-19)13-3-7-16(21)8-4-13/h3-10,14H,1-2,11-12H2. The van der Waals surface area contributed by atoms with Gasteiger partial charge in [-0.15, -0.1) is 0 Å². The molecule has 146 valence electrons. The molecule has 0 saturated carbocycles. The minimum absolute atomic E-state index is 0.132. The summed E-state index contributed by atoms with van der Waals surface area (Å²) >= 11 is 9.25. The predicted octanol–water partition coefficient (Wildman–Crippen LogP) is 4.72. The fraction of sp³-hybridized carbons (Fsp3) is 0.263. The van der Waals surface area contributed by atoms with Crippen LogP contribution in [0.2, 0.25) is 5.02 Å². The van der Waals surface area contributed by atoms with Crippen LogP contribution in [0.5, 0.6) is 0 Å². The topological polar surface area (TPSA) is 76.3 Å². The molecule has 1 fully saturated rings. The van der Waals surface area contributed by atoms with Crippen molar-refractivity contribution in [2.24, 2.45) is 0 Å². The SMILES string of the molecule is O=S(=O)(c1ccc(Br)cc1)N1CCCC(c2nc(-c3ccc(Cl)cc3)no2)C1. The van der Waals surface area contributed by atoms with Gasteiger partial charge in [0.15, 0.2) is 0 Å². The summed E-state index contributed by atoms with van der Waals surface area (Å²) in [5.74, 6) is 0.799. The van der Waals surface area contributed by atoms with E-state index in [1.54, 1.807) is 36.4 Å². The van der Waals surface area contributed by atoms with Gasteiger partial charge in [0.25, 0.3) is 0 Å². The first-order chi connectivity index (χ1) is 13.4. The van der Waals surface area contributed by atoms with E-state index in [1.807, 2.05) is 12.1 Å². The third kappa shape index (κ3) is 4.00. The van der Waals surface area contributed by atoms with Crippen molar-refractivity contribution >= 4 is 37.6 Å². The Morgan fingerprint density at radius 2 is 1.82 bits per heavy atom. The zero-order valence-corrected chi connectivity index (χ0v) is 17.9. The number of benzene rings is 2. The zero-order chi connectivity index (χ0) is 19.7. The molecule has 2 heterocycles. The molecule has 1 atom stereocenters. The highest BCUT2D eigenvalue weighted by Gasteiger charge is 2.33. The van der Waals surface area contributed by atoms with Gasteiger partial charge in [0, 0.05) is 28.1 Å².